The SMILES string of the molecule is NNC(N)C(O)C(N)N. The van der Waals surface area contributed by atoms with Gasteiger partial charge in [0, 0.05) is 0 Å². The first-order valence-corrected chi connectivity index (χ1v) is 2.50. The number of nitrogens with two attached hydrogens (primary N) is 4. The Morgan fingerprint density at radius 1 is 1.22 bits per heavy atom. The van der Waals surface area contributed by atoms with Gasteiger partial charge in [-0.3, -0.25) is 5.84 Å². The van der Waals surface area contributed by atoms with Crippen LogP contribution in [0.25, 0.3) is 0 Å². The lowest BCUT2D eigenvalue weighted by atomic mass is 10.2. The molecule has 0 fully saturated rings. The van der Waals surface area contributed by atoms with Crippen molar-refractivity contribution in [1.29, 1.82) is 0 Å². The first kappa shape index (κ1) is 8.76. The predicted octanol–water partition coefficient (Wildman–Crippen LogP) is -3.66. The summed E-state index contributed by atoms with van der Waals surface area (Å²) in [5.41, 5.74) is 17.4. The molecule has 0 heterocycles. The van der Waals surface area contributed by atoms with Gasteiger partial charge in [-0.1, -0.05) is 0 Å². The Labute approximate surface area is 53.1 Å². The van der Waals surface area contributed by atoms with Gasteiger partial charge in [0.05, 0.1) is 12.3 Å². The van der Waals surface area contributed by atoms with Crippen molar-refractivity contribution in [2.75, 3.05) is 0 Å². The lowest BCUT2D eigenvalue weighted by molar-refractivity contribution is 0.105. The zero-order chi connectivity index (χ0) is 7.44. The standard InChI is InChI=1S/C3H13N5O/c4-2(5)1(9)3(6)8-7/h1-3,8-9H,4-7H2. The van der Waals surface area contributed by atoms with Gasteiger partial charge in [0.25, 0.3) is 0 Å². The molecule has 56 valence electrons. The molecule has 6 nitrogen and oxygen atoms in total. The van der Waals surface area contributed by atoms with Crippen LogP contribution in [0.1, 0.15) is 0 Å². The predicted molar refractivity (Wildman–Crippen MR) is 33.5 cm³/mol. The van der Waals surface area contributed by atoms with E-state index in [0.29, 0.717) is 0 Å². The van der Waals surface area contributed by atoms with E-state index in [2.05, 4.69) is 5.43 Å². The van der Waals surface area contributed by atoms with Gasteiger partial charge in [0.15, 0.2) is 0 Å². The van der Waals surface area contributed by atoms with Gasteiger partial charge in [-0.2, -0.15) is 0 Å². The van der Waals surface area contributed by atoms with Crippen molar-refractivity contribution < 1.29 is 5.11 Å². The fourth-order valence-electron chi connectivity index (χ4n) is 0.338. The van der Waals surface area contributed by atoms with Gasteiger partial charge in [-0.25, -0.2) is 5.43 Å². The highest BCUT2D eigenvalue weighted by Gasteiger charge is 2.16. The van der Waals surface area contributed by atoms with Crippen LogP contribution in [0.5, 0.6) is 0 Å². The van der Waals surface area contributed by atoms with E-state index in [1.54, 1.807) is 0 Å². The topological polar surface area (TPSA) is 136 Å². The van der Waals surface area contributed by atoms with Gasteiger partial charge in [0.1, 0.15) is 6.10 Å². The number of aliphatic hydroxyl groups excluding tert-OH is 1. The highest BCUT2D eigenvalue weighted by molar-refractivity contribution is 4.73. The van der Waals surface area contributed by atoms with Gasteiger partial charge < -0.3 is 22.3 Å². The Morgan fingerprint density at radius 2 is 1.67 bits per heavy atom. The second kappa shape index (κ2) is 3.72. The van der Waals surface area contributed by atoms with Gasteiger partial charge in [0.2, 0.25) is 0 Å². The second-order valence-corrected chi connectivity index (χ2v) is 1.76. The molecule has 0 aromatic heterocycles. The van der Waals surface area contributed by atoms with Crippen LogP contribution in [-0.4, -0.2) is 23.5 Å². The number of nitrogens with one attached hydrogen (secondary N) is 1. The number of aliphatic hydroxyl groups is 1. The van der Waals surface area contributed by atoms with E-state index in [0.717, 1.165) is 0 Å². The molecule has 2 atom stereocenters. The van der Waals surface area contributed by atoms with E-state index in [9.17, 15) is 0 Å². The van der Waals surface area contributed by atoms with Gasteiger partial charge in [-0.15, -0.1) is 0 Å². The van der Waals surface area contributed by atoms with E-state index >= 15 is 0 Å². The summed E-state index contributed by atoms with van der Waals surface area (Å²) in [5.74, 6) is 4.86. The van der Waals surface area contributed by atoms with Crippen molar-refractivity contribution in [1.82, 2.24) is 5.43 Å². The first-order chi connectivity index (χ1) is 4.09. The van der Waals surface area contributed by atoms with E-state index in [-0.39, 0.29) is 0 Å². The number of hydrazine groups is 1. The van der Waals surface area contributed by atoms with Crippen LogP contribution in [0.2, 0.25) is 0 Å². The van der Waals surface area contributed by atoms with E-state index in [1.165, 1.54) is 0 Å². The number of hydrogen-bond acceptors (Lipinski definition) is 6. The lowest BCUT2D eigenvalue weighted by Crippen LogP contribution is -2.59. The zero-order valence-electron chi connectivity index (χ0n) is 4.99. The molecule has 10 N–H and O–H groups in total. The Morgan fingerprint density at radius 3 is 1.78 bits per heavy atom. The summed E-state index contributed by atoms with van der Waals surface area (Å²) in [6.45, 7) is 0. The number of rotatable bonds is 3. The molecule has 0 aromatic rings. The Balaban J connectivity index is 3.58. The molecule has 9 heavy (non-hydrogen) atoms. The molecule has 0 rings (SSSR count). The van der Waals surface area contributed by atoms with Crippen molar-refractivity contribution in [3.05, 3.63) is 0 Å². The molecular weight excluding hydrogens is 122 g/mol. The van der Waals surface area contributed by atoms with Gasteiger partial charge in [-0.05, 0) is 0 Å². The van der Waals surface area contributed by atoms with Crippen LogP contribution in [0.4, 0.5) is 0 Å². The third-order valence-electron chi connectivity index (χ3n) is 0.955. The summed E-state index contributed by atoms with van der Waals surface area (Å²) in [5, 5.41) is 8.88. The highest BCUT2D eigenvalue weighted by atomic mass is 16.3. The third-order valence-corrected chi connectivity index (χ3v) is 0.955. The molecule has 0 saturated heterocycles. The summed E-state index contributed by atoms with van der Waals surface area (Å²) in [6.07, 6.45) is -2.66. The van der Waals surface area contributed by atoms with Crippen LogP contribution in [-0.2, 0) is 0 Å². The van der Waals surface area contributed by atoms with Gasteiger partial charge >= 0.3 is 0 Å². The third kappa shape index (κ3) is 2.70. The molecule has 0 radical (unpaired) electrons. The largest absolute Gasteiger partial charge is 0.387 e. The Kier molecular flexibility index (Phi) is 3.62. The molecule has 0 aliphatic rings. The molecule has 0 bridgehead atoms. The molecular formula is C3H13N5O. The minimum atomic E-state index is -1.02. The minimum Gasteiger partial charge on any atom is -0.387 e. The van der Waals surface area contributed by atoms with Crippen molar-refractivity contribution in [3.63, 3.8) is 0 Å². The van der Waals surface area contributed by atoms with Crippen LogP contribution in [0.3, 0.4) is 0 Å². The molecule has 0 saturated carbocycles. The van der Waals surface area contributed by atoms with Crippen LogP contribution in [0, 0.1) is 0 Å². The smallest absolute Gasteiger partial charge is 0.111 e. The van der Waals surface area contributed by atoms with Crippen LogP contribution < -0.4 is 28.5 Å². The quantitative estimate of drug-likeness (QED) is 0.134. The molecule has 6 heteroatoms. The fraction of sp³-hybridized carbons (Fsp3) is 1.00. The molecule has 0 aliphatic carbocycles. The Bertz CT molecular complexity index is 76.6. The first-order valence-electron chi connectivity index (χ1n) is 2.50. The monoisotopic (exact) mass is 135 g/mol. The van der Waals surface area contributed by atoms with Crippen LogP contribution >= 0.6 is 0 Å². The van der Waals surface area contributed by atoms with Crippen molar-refractivity contribution in [2.45, 2.75) is 18.4 Å². The fourth-order valence-corrected chi connectivity index (χ4v) is 0.338. The summed E-state index contributed by atoms with van der Waals surface area (Å²) in [6, 6.07) is 0. The highest BCUT2D eigenvalue weighted by Crippen LogP contribution is 1.83. The molecule has 0 amide bonds. The van der Waals surface area contributed by atoms with E-state index < -0.39 is 18.4 Å². The normalized spacial score (nSPS) is 18.0. The summed E-state index contributed by atoms with van der Waals surface area (Å²) >= 11 is 0. The van der Waals surface area contributed by atoms with Crippen LogP contribution in [0.15, 0.2) is 0 Å². The molecule has 2 unspecified atom stereocenters. The minimum absolute atomic E-state index is 0.773. The second-order valence-electron chi connectivity index (χ2n) is 1.76. The summed E-state index contributed by atoms with van der Waals surface area (Å²) in [7, 11) is 0. The molecule has 0 aromatic carbocycles. The lowest BCUT2D eigenvalue weighted by Gasteiger charge is -2.20. The Hall–Kier alpha value is -0.240. The van der Waals surface area contributed by atoms with E-state index in [4.69, 9.17) is 28.2 Å². The average Bonchev–Trinajstić information content (AvgIpc) is 1.84. The number of hydrogen-bond donors (Lipinski definition) is 6. The van der Waals surface area contributed by atoms with Crippen molar-refractivity contribution >= 4 is 0 Å². The maximum atomic E-state index is 8.88. The maximum absolute atomic E-state index is 8.88. The van der Waals surface area contributed by atoms with Crippen molar-refractivity contribution in [2.24, 2.45) is 23.0 Å². The maximum Gasteiger partial charge on any atom is 0.111 e. The average molecular weight is 135 g/mol. The zero-order valence-corrected chi connectivity index (χ0v) is 4.99. The summed E-state index contributed by atoms with van der Waals surface area (Å²) in [4.78, 5) is 0. The molecule has 0 spiro atoms. The van der Waals surface area contributed by atoms with E-state index in [1.807, 2.05) is 0 Å². The van der Waals surface area contributed by atoms with Crippen molar-refractivity contribution in [3.8, 4) is 0 Å². The summed E-state index contributed by atoms with van der Waals surface area (Å²) < 4.78 is 0. The molecule has 0 aliphatic heterocycles.